The predicted octanol–water partition coefficient (Wildman–Crippen LogP) is 1.12. The first-order valence-corrected chi connectivity index (χ1v) is 5.39. The van der Waals surface area contributed by atoms with E-state index in [1.54, 1.807) is 7.11 Å². The lowest BCUT2D eigenvalue weighted by Crippen LogP contribution is -2.37. The molecule has 1 N–H and O–H groups in total. The van der Waals surface area contributed by atoms with Crippen molar-refractivity contribution in [3.8, 4) is 0 Å². The van der Waals surface area contributed by atoms with Gasteiger partial charge in [-0.25, -0.2) is 0 Å². The Morgan fingerprint density at radius 1 is 1.64 bits per heavy atom. The Kier molecular flexibility index (Phi) is 4.99. The van der Waals surface area contributed by atoms with Crippen LogP contribution in [0.5, 0.6) is 0 Å². The summed E-state index contributed by atoms with van der Waals surface area (Å²) in [6.07, 6.45) is 2.45. The fourth-order valence-corrected chi connectivity index (χ4v) is 2.28. The van der Waals surface area contributed by atoms with E-state index in [1.165, 1.54) is 30.9 Å². The van der Waals surface area contributed by atoms with Crippen LogP contribution in [0.3, 0.4) is 0 Å². The van der Waals surface area contributed by atoms with Crippen LogP contribution in [-0.4, -0.2) is 37.8 Å². The normalized spacial score (nSPS) is 25.4. The fourth-order valence-electron chi connectivity index (χ4n) is 1.28. The van der Waals surface area contributed by atoms with E-state index in [0.717, 1.165) is 12.6 Å². The molecule has 1 heterocycles. The van der Waals surface area contributed by atoms with Crippen molar-refractivity contribution < 1.29 is 4.74 Å². The highest BCUT2D eigenvalue weighted by Gasteiger charge is 2.11. The van der Waals surface area contributed by atoms with Crippen LogP contribution < -0.4 is 5.32 Å². The molecule has 2 nitrogen and oxygen atoms in total. The molecule has 0 spiro atoms. The van der Waals surface area contributed by atoms with E-state index in [0.29, 0.717) is 0 Å². The number of rotatable bonds is 4. The van der Waals surface area contributed by atoms with Gasteiger partial charge in [-0.15, -0.1) is 0 Å². The third-order valence-electron chi connectivity index (χ3n) is 1.90. The topological polar surface area (TPSA) is 21.3 Å². The van der Waals surface area contributed by atoms with Crippen molar-refractivity contribution in [2.24, 2.45) is 0 Å². The maximum absolute atomic E-state index is 5.00. The van der Waals surface area contributed by atoms with Gasteiger partial charge in [0, 0.05) is 37.8 Å². The molecule has 0 saturated carbocycles. The Morgan fingerprint density at radius 2 is 2.55 bits per heavy atom. The molecule has 0 radical (unpaired) electrons. The van der Waals surface area contributed by atoms with E-state index in [1.807, 2.05) is 0 Å². The summed E-state index contributed by atoms with van der Waals surface area (Å²) in [5.41, 5.74) is 0. The first kappa shape index (κ1) is 9.36. The summed E-state index contributed by atoms with van der Waals surface area (Å²) in [7, 11) is 1.77. The Hall–Kier alpha value is 0.270. The van der Waals surface area contributed by atoms with Gasteiger partial charge in [0.2, 0.25) is 0 Å². The van der Waals surface area contributed by atoms with Crippen molar-refractivity contribution in [1.82, 2.24) is 5.32 Å². The fraction of sp³-hybridized carbons (Fsp3) is 1.00. The molecule has 1 rings (SSSR count). The molecule has 1 fully saturated rings. The zero-order valence-corrected chi connectivity index (χ0v) is 7.95. The molecule has 0 aliphatic carbocycles. The maximum Gasteiger partial charge on any atom is 0.0462 e. The molecular formula is C8H17NOS. The highest BCUT2D eigenvalue weighted by Crippen LogP contribution is 2.11. The highest BCUT2D eigenvalue weighted by molar-refractivity contribution is 7.99. The van der Waals surface area contributed by atoms with Crippen LogP contribution in [0, 0.1) is 0 Å². The van der Waals surface area contributed by atoms with Gasteiger partial charge in [-0.2, -0.15) is 11.8 Å². The highest BCUT2D eigenvalue weighted by atomic mass is 32.2. The number of thioether (sulfide) groups is 1. The zero-order valence-electron chi connectivity index (χ0n) is 7.14. The molecule has 66 valence electrons. The van der Waals surface area contributed by atoms with Crippen LogP contribution in [0.1, 0.15) is 12.8 Å². The quantitative estimate of drug-likeness (QED) is 0.647. The molecule has 1 aliphatic rings. The second-order valence-corrected chi connectivity index (χ2v) is 4.01. The van der Waals surface area contributed by atoms with Gasteiger partial charge in [-0.1, -0.05) is 0 Å². The summed E-state index contributed by atoms with van der Waals surface area (Å²) in [5.74, 6) is 2.56. The minimum absolute atomic E-state index is 0.740. The van der Waals surface area contributed by atoms with Crippen molar-refractivity contribution in [2.75, 3.05) is 31.8 Å². The minimum Gasteiger partial charge on any atom is -0.385 e. The molecule has 0 aromatic rings. The van der Waals surface area contributed by atoms with Crippen molar-refractivity contribution >= 4 is 11.8 Å². The Labute approximate surface area is 73.1 Å². The summed E-state index contributed by atoms with van der Waals surface area (Å²) in [5, 5.41) is 3.50. The molecule has 1 aliphatic heterocycles. The van der Waals surface area contributed by atoms with E-state index in [2.05, 4.69) is 17.1 Å². The monoisotopic (exact) mass is 175 g/mol. The summed E-state index contributed by atoms with van der Waals surface area (Å²) < 4.78 is 5.00. The molecule has 0 amide bonds. The van der Waals surface area contributed by atoms with Crippen molar-refractivity contribution in [3.63, 3.8) is 0 Å². The van der Waals surface area contributed by atoms with E-state index >= 15 is 0 Å². The van der Waals surface area contributed by atoms with Crippen LogP contribution >= 0.6 is 11.8 Å². The molecule has 0 aromatic carbocycles. The Morgan fingerprint density at radius 3 is 3.18 bits per heavy atom. The second-order valence-electron chi connectivity index (χ2n) is 2.86. The summed E-state index contributed by atoms with van der Waals surface area (Å²) in [4.78, 5) is 0. The standard InChI is InChI=1S/C8H17NOS/c1-10-5-2-3-8-7-11-6-4-9-8/h8-9H,2-7H2,1H3. The van der Waals surface area contributed by atoms with Gasteiger partial charge >= 0.3 is 0 Å². The lowest BCUT2D eigenvalue weighted by atomic mass is 10.2. The predicted molar refractivity (Wildman–Crippen MR) is 50.2 cm³/mol. The van der Waals surface area contributed by atoms with Crippen molar-refractivity contribution in [2.45, 2.75) is 18.9 Å². The lowest BCUT2D eigenvalue weighted by Gasteiger charge is -2.22. The van der Waals surface area contributed by atoms with Gasteiger partial charge in [0.15, 0.2) is 0 Å². The number of nitrogens with one attached hydrogen (secondary N) is 1. The minimum atomic E-state index is 0.740. The third kappa shape index (κ3) is 3.99. The van der Waals surface area contributed by atoms with Crippen molar-refractivity contribution in [3.05, 3.63) is 0 Å². The molecule has 0 aromatic heterocycles. The summed E-state index contributed by atoms with van der Waals surface area (Å²) in [6.45, 7) is 2.09. The van der Waals surface area contributed by atoms with Gasteiger partial charge in [-0.3, -0.25) is 0 Å². The van der Waals surface area contributed by atoms with E-state index in [-0.39, 0.29) is 0 Å². The Bertz CT molecular complexity index is 94.1. The van der Waals surface area contributed by atoms with Crippen LogP contribution in [0.2, 0.25) is 0 Å². The number of hydrogen-bond acceptors (Lipinski definition) is 3. The van der Waals surface area contributed by atoms with Gasteiger partial charge < -0.3 is 10.1 Å². The van der Waals surface area contributed by atoms with Gasteiger partial charge in [-0.05, 0) is 12.8 Å². The lowest BCUT2D eigenvalue weighted by molar-refractivity contribution is 0.189. The van der Waals surface area contributed by atoms with Crippen LogP contribution in [0.25, 0.3) is 0 Å². The molecule has 0 bridgehead atoms. The smallest absolute Gasteiger partial charge is 0.0462 e. The van der Waals surface area contributed by atoms with Crippen LogP contribution in [-0.2, 0) is 4.74 Å². The van der Waals surface area contributed by atoms with E-state index < -0.39 is 0 Å². The average Bonchev–Trinajstić information content (AvgIpc) is 2.07. The average molecular weight is 175 g/mol. The molecule has 1 atom stereocenters. The van der Waals surface area contributed by atoms with Gasteiger partial charge in [0.1, 0.15) is 0 Å². The summed E-state index contributed by atoms with van der Waals surface area (Å²) >= 11 is 2.06. The molecule has 1 unspecified atom stereocenters. The first-order chi connectivity index (χ1) is 5.43. The largest absolute Gasteiger partial charge is 0.385 e. The molecule has 11 heavy (non-hydrogen) atoms. The van der Waals surface area contributed by atoms with Gasteiger partial charge in [0.25, 0.3) is 0 Å². The third-order valence-corrected chi connectivity index (χ3v) is 3.03. The number of hydrogen-bond donors (Lipinski definition) is 1. The van der Waals surface area contributed by atoms with E-state index in [4.69, 9.17) is 4.74 Å². The number of methoxy groups -OCH3 is 1. The first-order valence-electron chi connectivity index (χ1n) is 4.23. The number of ether oxygens (including phenoxy) is 1. The molecule has 3 heteroatoms. The Balaban J connectivity index is 1.96. The summed E-state index contributed by atoms with van der Waals surface area (Å²) in [6, 6.07) is 0.740. The van der Waals surface area contributed by atoms with Gasteiger partial charge in [0.05, 0.1) is 0 Å². The van der Waals surface area contributed by atoms with Crippen LogP contribution in [0.15, 0.2) is 0 Å². The molecular weight excluding hydrogens is 158 g/mol. The van der Waals surface area contributed by atoms with Crippen LogP contribution in [0.4, 0.5) is 0 Å². The van der Waals surface area contributed by atoms with Crippen molar-refractivity contribution in [1.29, 1.82) is 0 Å². The molecule has 1 saturated heterocycles. The second kappa shape index (κ2) is 5.86. The maximum atomic E-state index is 5.00. The zero-order chi connectivity index (χ0) is 7.94. The van der Waals surface area contributed by atoms with E-state index in [9.17, 15) is 0 Å². The SMILES string of the molecule is COCCCC1CSCCN1.